The molecule has 7 nitrogen and oxygen atoms in total. The molecule has 7 heteroatoms. The second kappa shape index (κ2) is 4.54. The number of piperazine rings is 1. The first-order valence-electron chi connectivity index (χ1n) is 5.44. The van der Waals surface area contributed by atoms with E-state index in [4.69, 9.17) is 0 Å². The van der Waals surface area contributed by atoms with Gasteiger partial charge in [0.2, 0.25) is 0 Å². The van der Waals surface area contributed by atoms with Crippen molar-refractivity contribution in [2.45, 2.75) is 13.0 Å². The minimum Gasteiger partial charge on any atom is -0.358 e. The molecule has 2 rings (SSSR count). The van der Waals surface area contributed by atoms with Gasteiger partial charge in [-0.2, -0.15) is 0 Å². The summed E-state index contributed by atoms with van der Waals surface area (Å²) in [5.41, 5.74) is 0.269. The van der Waals surface area contributed by atoms with Crippen LogP contribution in [0.15, 0.2) is 12.1 Å². The van der Waals surface area contributed by atoms with Gasteiger partial charge in [-0.25, -0.2) is 4.98 Å². The highest BCUT2D eigenvalue weighted by molar-refractivity contribution is 5.93. The summed E-state index contributed by atoms with van der Waals surface area (Å²) in [7, 11) is 0. The summed E-state index contributed by atoms with van der Waals surface area (Å²) >= 11 is 0. The number of H-pyrrole nitrogens is 1. The predicted octanol–water partition coefficient (Wildman–Crippen LogP) is 0.357. The van der Waals surface area contributed by atoms with Crippen molar-refractivity contribution in [3.63, 3.8) is 0 Å². The maximum absolute atomic E-state index is 12.0. The van der Waals surface area contributed by atoms with Gasteiger partial charge in [-0.3, -0.25) is 4.79 Å². The minimum absolute atomic E-state index is 0.156. The third kappa shape index (κ3) is 2.44. The SMILES string of the molecule is C[C@@H]1CN(C(=O)c2ccc([N+](=O)[O-])[nH]2)CCN1. The Bertz CT molecular complexity index is 443. The van der Waals surface area contributed by atoms with Crippen molar-refractivity contribution in [3.8, 4) is 0 Å². The molecule has 1 atom stereocenters. The Morgan fingerprint density at radius 1 is 1.59 bits per heavy atom. The highest BCUT2D eigenvalue weighted by Crippen LogP contribution is 2.13. The molecule has 1 fully saturated rings. The van der Waals surface area contributed by atoms with E-state index in [0.29, 0.717) is 13.1 Å². The van der Waals surface area contributed by atoms with Crippen molar-refractivity contribution in [1.82, 2.24) is 15.2 Å². The van der Waals surface area contributed by atoms with Crippen LogP contribution in [-0.4, -0.2) is 46.4 Å². The predicted molar refractivity (Wildman–Crippen MR) is 60.8 cm³/mol. The second-order valence-electron chi connectivity index (χ2n) is 4.12. The van der Waals surface area contributed by atoms with E-state index in [2.05, 4.69) is 10.3 Å². The van der Waals surface area contributed by atoms with Crippen LogP contribution in [0.1, 0.15) is 17.4 Å². The molecule has 2 N–H and O–H groups in total. The highest BCUT2D eigenvalue weighted by Gasteiger charge is 2.25. The van der Waals surface area contributed by atoms with Crippen LogP contribution >= 0.6 is 0 Å². The number of aromatic amines is 1. The lowest BCUT2D eigenvalue weighted by Crippen LogP contribution is -2.51. The molecule has 1 aliphatic heterocycles. The van der Waals surface area contributed by atoms with Crippen molar-refractivity contribution >= 4 is 11.7 Å². The van der Waals surface area contributed by atoms with Crippen LogP contribution in [0.2, 0.25) is 0 Å². The minimum atomic E-state index is -0.544. The van der Waals surface area contributed by atoms with Gasteiger partial charge in [0.15, 0.2) is 5.69 Å². The zero-order valence-electron chi connectivity index (χ0n) is 9.47. The molecule has 0 unspecified atom stereocenters. The molecule has 1 saturated heterocycles. The van der Waals surface area contributed by atoms with Gasteiger partial charge in [0, 0.05) is 31.7 Å². The van der Waals surface area contributed by atoms with E-state index in [1.165, 1.54) is 12.1 Å². The summed E-state index contributed by atoms with van der Waals surface area (Å²) in [6.07, 6.45) is 0. The lowest BCUT2D eigenvalue weighted by molar-refractivity contribution is -0.389. The number of carbonyl (C=O) groups is 1. The van der Waals surface area contributed by atoms with Crippen molar-refractivity contribution in [2.24, 2.45) is 0 Å². The first-order valence-corrected chi connectivity index (χ1v) is 5.44. The Morgan fingerprint density at radius 3 is 2.94 bits per heavy atom. The number of carbonyl (C=O) groups excluding carboxylic acids is 1. The monoisotopic (exact) mass is 238 g/mol. The molecule has 0 aromatic carbocycles. The van der Waals surface area contributed by atoms with Crippen LogP contribution in [0.4, 0.5) is 5.82 Å². The standard InChI is InChI=1S/C10H14N4O3/c1-7-6-13(5-4-11-7)10(15)8-2-3-9(12-8)14(16)17/h2-3,7,11-12H,4-6H2,1H3/t7-/m1/s1. The number of hydrogen-bond donors (Lipinski definition) is 2. The first kappa shape index (κ1) is 11.6. The molecule has 0 aliphatic carbocycles. The quantitative estimate of drug-likeness (QED) is 0.574. The fraction of sp³-hybridized carbons (Fsp3) is 0.500. The van der Waals surface area contributed by atoms with E-state index in [9.17, 15) is 14.9 Å². The molecule has 1 aromatic rings. The Hall–Kier alpha value is -1.89. The maximum atomic E-state index is 12.0. The van der Waals surface area contributed by atoms with Gasteiger partial charge in [-0.05, 0) is 17.9 Å². The number of nitrogens with zero attached hydrogens (tertiary/aromatic N) is 2. The van der Waals surface area contributed by atoms with Gasteiger partial charge >= 0.3 is 5.82 Å². The first-order chi connectivity index (χ1) is 8.08. The van der Waals surface area contributed by atoms with Gasteiger partial charge in [-0.1, -0.05) is 0 Å². The fourth-order valence-electron chi connectivity index (χ4n) is 1.90. The van der Waals surface area contributed by atoms with E-state index >= 15 is 0 Å². The summed E-state index contributed by atoms with van der Waals surface area (Å²) in [5, 5.41) is 13.7. The number of nitro groups is 1. The molecule has 2 heterocycles. The average molecular weight is 238 g/mol. The second-order valence-corrected chi connectivity index (χ2v) is 4.12. The molecule has 0 bridgehead atoms. The van der Waals surface area contributed by atoms with Crippen LogP contribution in [0.25, 0.3) is 0 Å². The lowest BCUT2D eigenvalue weighted by Gasteiger charge is -2.31. The molecule has 1 aromatic heterocycles. The van der Waals surface area contributed by atoms with Crippen molar-refractivity contribution in [3.05, 3.63) is 27.9 Å². The van der Waals surface area contributed by atoms with Crippen LogP contribution < -0.4 is 5.32 Å². The van der Waals surface area contributed by atoms with E-state index in [-0.39, 0.29) is 23.5 Å². The number of amides is 1. The molecule has 17 heavy (non-hydrogen) atoms. The van der Waals surface area contributed by atoms with E-state index < -0.39 is 4.92 Å². The van der Waals surface area contributed by atoms with Crippen LogP contribution in [-0.2, 0) is 0 Å². The van der Waals surface area contributed by atoms with Crippen LogP contribution in [0, 0.1) is 10.1 Å². The molecular formula is C10H14N4O3. The summed E-state index contributed by atoms with van der Waals surface area (Å²) < 4.78 is 0. The van der Waals surface area contributed by atoms with Crippen molar-refractivity contribution in [2.75, 3.05) is 19.6 Å². The fourth-order valence-corrected chi connectivity index (χ4v) is 1.90. The molecule has 1 amide bonds. The van der Waals surface area contributed by atoms with E-state index in [1.807, 2.05) is 6.92 Å². The summed E-state index contributed by atoms with van der Waals surface area (Å²) in [4.78, 5) is 26.2. The molecule has 1 aliphatic rings. The average Bonchev–Trinajstić information content (AvgIpc) is 2.77. The van der Waals surface area contributed by atoms with Gasteiger partial charge in [0.25, 0.3) is 5.91 Å². The van der Waals surface area contributed by atoms with Crippen LogP contribution in [0.5, 0.6) is 0 Å². The van der Waals surface area contributed by atoms with E-state index in [1.54, 1.807) is 4.90 Å². The smallest absolute Gasteiger partial charge is 0.321 e. The largest absolute Gasteiger partial charge is 0.358 e. The van der Waals surface area contributed by atoms with Gasteiger partial charge in [-0.15, -0.1) is 0 Å². The van der Waals surface area contributed by atoms with Crippen molar-refractivity contribution in [1.29, 1.82) is 0 Å². The Balaban J connectivity index is 2.10. The number of aromatic nitrogens is 1. The number of nitrogens with one attached hydrogen (secondary N) is 2. The third-order valence-corrected chi connectivity index (χ3v) is 2.75. The number of rotatable bonds is 2. The summed E-state index contributed by atoms with van der Waals surface area (Å²) in [6.45, 7) is 3.98. The van der Waals surface area contributed by atoms with Gasteiger partial charge < -0.3 is 20.3 Å². The Kier molecular flexibility index (Phi) is 3.10. The molecule has 0 radical (unpaired) electrons. The highest BCUT2D eigenvalue weighted by atomic mass is 16.6. The summed E-state index contributed by atoms with van der Waals surface area (Å²) in [5.74, 6) is -0.344. The number of hydrogen-bond acceptors (Lipinski definition) is 4. The zero-order chi connectivity index (χ0) is 12.4. The topological polar surface area (TPSA) is 91.3 Å². The molecule has 92 valence electrons. The van der Waals surface area contributed by atoms with Crippen molar-refractivity contribution < 1.29 is 9.72 Å². The van der Waals surface area contributed by atoms with Gasteiger partial charge in [0.05, 0.1) is 0 Å². The normalized spacial score (nSPS) is 20.3. The third-order valence-electron chi connectivity index (χ3n) is 2.75. The van der Waals surface area contributed by atoms with Crippen LogP contribution in [0.3, 0.4) is 0 Å². The Morgan fingerprint density at radius 2 is 2.35 bits per heavy atom. The van der Waals surface area contributed by atoms with E-state index in [0.717, 1.165) is 6.54 Å². The molecular weight excluding hydrogens is 224 g/mol. The maximum Gasteiger partial charge on any atom is 0.321 e. The summed E-state index contributed by atoms with van der Waals surface area (Å²) in [6, 6.07) is 3.00. The molecule has 0 saturated carbocycles. The molecule has 0 spiro atoms. The lowest BCUT2D eigenvalue weighted by atomic mass is 10.2. The zero-order valence-corrected chi connectivity index (χ0v) is 9.47. The van der Waals surface area contributed by atoms with Gasteiger partial charge in [0.1, 0.15) is 0 Å². The Labute approximate surface area is 97.9 Å².